The molecule has 166 valence electrons. The number of methoxy groups -OCH3 is 1. The maximum Gasteiger partial charge on any atom is 0.341 e. The van der Waals surface area contributed by atoms with Crippen molar-refractivity contribution in [3.63, 3.8) is 0 Å². The maximum atomic E-state index is 14.5. The van der Waals surface area contributed by atoms with E-state index in [1.54, 1.807) is 0 Å². The molecule has 0 saturated heterocycles. The van der Waals surface area contributed by atoms with Crippen LogP contribution in [-0.4, -0.2) is 34.9 Å². The van der Waals surface area contributed by atoms with Gasteiger partial charge in [-0.3, -0.25) is 4.79 Å². The molecule has 0 bridgehead atoms. The van der Waals surface area contributed by atoms with Crippen LogP contribution in [0.1, 0.15) is 30.0 Å². The molecule has 1 aromatic heterocycles. The van der Waals surface area contributed by atoms with Crippen LogP contribution in [0.2, 0.25) is 0 Å². The Labute approximate surface area is 182 Å². The lowest BCUT2D eigenvalue weighted by Gasteiger charge is -2.20. The number of rotatable bonds is 6. The SMILES string of the molecule is CCn1c(CNC(=O)C2=C(N)N=C(N)C(Cl)N2)[n+](CC)c2cc(C(=O)OC)c(F)cc21. The summed E-state index contributed by atoms with van der Waals surface area (Å²) < 4.78 is 22.9. The zero-order valence-corrected chi connectivity index (χ0v) is 18.1. The number of amidine groups is 1. The van der Waals surface area contributed by atoms with Gasteiger partial charge in [-0.1, -0.05) is 11.6 Å². The number of aliphatic imine (C=N–C) groups is 1. The summed E-state index contributed by atoms with van der Waals surface area (Å²) in [6, 6.07) is 2.75. The predicted molar refractivity (Wildman–Crippen MR) is 112 cm³/mol. The number of nitrogens with zero attached hydrogens (tertiary/aromatic N) is 3. The van der Waals surface area contributed by atoms with Gasteiger partial charge in [0, 0.05) is 12.1 Å². The van der Waals surface area contributed by atoms with Crippen LogP contribution < -0.4 is 26.7 Å². The molecule has 1 aliphatic heterocycles. The van der Waals surface area contributed by atoms with E-state index in [0.29, 0.717) is 29.9 Å². The van der Waals surface area contributed by atoms with Crippen molar-refractivity contribution >= 4 is 40.3 Å². The molecule has 6 N–H and O–H groups in total. The van der Waals surface area contributed by atoms with Crippen molar-refractivity contribution in [1.29, 1.82) is 0 Å². The zero-order valence-electron chi connectivity index (χ0n) is 17.3. The average Bonchev–Trinajstić information content (AvgIpc) is 3.04. The summed E-state index contributed by atoms with van der Waals surface area (Å²) in [4.78, 5) is 28.5. The number of aryl methyl sites for hydroxylation is 2. The first-order chi connectivity index (χ1) is 14.7. The molecule has 3 rings (SSSR count). The first kappa shape index (κ1) is 22.3. The fraction of sp³-hybridized carbons (Fsp3) is 0.368. The Bertz CT molecular complexity index is 1130. The van der Waals surface area contributed by atoms with Crippen LogP contribution in [0.4, 0.5) is 4.39 Å². The van der Waals surface area contributed by atoms with Crippen molar-refractivity contribution in [3.8, 4) is 0 Å². The summed E-state index contributed by atoms with van der Waals surface area (Å²) in [5, 5.41) is 5.48. The second-order valence-electron chi connectivity index (χ2n) is 6.70. The third-order valence-electron chi connectivity index (χ3n) is 4.98. The zero-order chi connectivity index (χ0) is 22.9. The minimum atomic E-state index is -0.851. The van der Waals surface area contributed by atoms with Crippen LogP contribution in [0, 0.1) is 5.82 Å². The van der Waals surface area contributed by atoms with Crippen molar-refractivity contribution in [1.82, 2.24) is 15.2 Å². The van der Waals surface area contributed by atoms with Gasteiger partial charge in [-0.25, -0.2) is 23.3 Å². The van der Waals surface area contributed by atoms with Crippen molar-refractivity contribution in [3.05, 3.63) is 40.9 Å². The molecular formula is C19H24ClFN7O3+. The van der Waals surface area contributed by atoms with Crippen LogP contribution in [-0.2, 0) is 29.2 Å². The second kappa shape index (κ2) is 8.80. The maximum absolute atomic E-state index is 14.5. The Morgan fingerprint density at radius 3 is 2.71 bits per heavy atom. The first-order valence-electron chi connectivity index (χ1n) is 9.58. The summed E-state index contributed by atoms with van der Waals surface area (Å²) in [6.45, 7) is 4.95. The number of imidazole rings is 1. The number of halogens is 2. The topological polar surface area (TPSA) is 141 Å². The number of carbonyl (C=O) groups is 2. The summed E-state index contributed by atoms with van der Waals surface area (Å²) in [7, 11) is 1.20. The van der Waals surface area contributed by atoms with Gasteiger partial charge in [0.15, 0.2) is 22.4 Å². The highest BCUT2D eigenvalue weighted by atomic mass is 35.5. The number of fused-ring (bicyclic) bond motifs is 1. The summed E-state index contributed by atoms with van der Waals surface area (Å²) in [5.41, 5.74) is 11.6. The molecule has 31 heavy (non-hydrogen) atoms. The van der Waals surface area contributed by atoms with Crippen molar-refractivity contribution in [2.45, 2.75) is 39.0 Å². The Morgan fingerprint density at radius 1 is 1.39 bits per heavy atom. The van der Waals surface area contributed by atoms with E-state index < -0.39 is 23.2 Å². The van der Waals surface area contributed by atoms with Gasteiger partial charge in [0.05, 0.1) is 25.8 Å². The van der Waals surface area contributed by atoms with Crippen molar-refractivity contribution in [2.24, 2.45) is 16.5 Å². The molecule has 1 unspecified atom stereocenters. The van der Waals surface area contributed by atoms with Crippen LogP contribution >= 0.6 is 11.6 Å². The number of benzene rings is 1. The Morgan fingerprint density at radius 2 is 2.10 bits per heavy atom. The van der Waals surface area contributed by atoms with E-state index in [2.05, 4.69) is 20.4 Å². The van der Waals surface area contributed by atoms with E-state index in [1.807, 2.05) is 23.0 Å². The van der Waals surface area contributed by atoms with E-state index in [1.165, 1.54) is 19.2 Å². The van der Waals surface area contributed by atoms with Gasteiger partial charge in [-0.05, 0) is 13.8 Å². The molecule has 0 saturated carbocycles. The minimum absolute atomic E-state index is 0.00966. The predicted octanol–water partition coefficient (Wildman–Crippen LogP) is 0.164. The Kier molecular flexibility index (Phi) is 6.34. The molecule has 2 aromatic rings. The summed E-state index contributed by atoms with van der Waals surface area (Å²) in [6.07, 6.45) is 0. The number of aromatic nitrogens is 2. The quantitative estimate of drug-likeness (QED) is 0.213. The van der Waals surface area contributed by atoms with Gasteiger partial charge in [-0.2, -0.15) is 0 Å². The van der Waals surface area contributed by atoms with E-state index >= 15 is 0 Å². The standard InChI is InChI=1S/C19H23ClFN7O3/c1-4-27-11-6-9(19(30)31-3)10(21)7-12(11)28(5-2)13(27)8-24-18(29)14-16(22)26-17(23)15(20)25-14/h6-7,15,25H,4-5,8H2,1-3H3,(H4-,22,23,24,26,29)/p+1. The molecule has 10 nitrogen and oxygen atoms in total. The molecule has 1 amide bonds. The van der Waals surface area contributed by atoms with E-state index in [0.717, 1.165) is 0 Å². The molecule has 0 aliphatic carbocycles. The molecule has 12 heteroatoms. The van der Waals surface area contributed by atoms with Crippen molar-refractivity contribution < 1.29 is 23.3 Å². The lowest BCUT2D eigenvalue weighted by Crippen LogP contribution is -2.47. The van der Waals surface area contributed by atoms with Gasteiger partial charge in [0.2, 0.25) is 0 Å². The number of hydrogen-bond donors (Lipinski definition) is 4. The van der Waals surface area contributed by atoms with Crippen LogP contribution in [0.3, 0.4) is 0 Å². The van der Waals surface area contributed by atoms with Gasteiger partial charge >= 0.3 is 5.97 Å². The second-order valence-corrected chi connectivity index (χ2v) is 7.14. The van der Waals surface area contributed by atoms with Gasteiger partial charge < -0.3 is 26.8 Å². The fourth-order valence-electron chi connectivity index (χ4n) is 3.53. The number of alkyl halides is 1. The smallest absolute Gasteiger partial charge is 0.341 e. The Balaban J connectivity index is 1.99. The molecule has 1 aliphatic rings. The third kappa shape index (κ3) is 4.00. The Hall–Kier alpha value is -3.34. The van der Waals surface area contributed by atoms with Crippen LogP contribution in [0.25, 0.3) is 11.0 Å². The lowest BCUT2D eigenvalue weighted by atomic mass is 10.2. The summed E-state index contributed by atoms with van der Waals surface area (Å²) in [5.74, 6) is -1.27. The number of nitrogens with two attached hydrogens (primary N) is 2. The largest absolute Gasteiger partial charge is 0.465 e. The molecule has 1 aromatic carbocycles. The molecule has 0 radical (unpaired) electrons. The fourth-order valence-corrected chi connectivity index (χ4v) is 3.68. The number of esters is 1. The molecule has 0 spiro atoms. The number of nitrogens with one attached hydrogen (secondary N) is 2. The highest BCUT2D eigenvalue weighted by Crippen LogP contribution is 2.21. The van der Waals surface area contributed by atoms with Gasteiger partial charge in [0.25, 0.3) is 11.7 Å². The molecule has 2 heterocycles. The van der Waals surface area contributed by atoms with Gasteiger partial charge in [-0.15, -0.1) is 0 Å². The number of hydrogen-bond acceptors (Lipinski definition) is 7. The lowest BCUT2D eigenvalue weighted by molar-refractivity contribution is -0.676. The normalized spacial score (nSPS) is 16.2. The molecular weight excluding hydrogens is 429 g/mol. The molecule has 0 fully saturated rings. The van der Waals surface area contributed by atoms with Crippen molar-refractivity contribution in [2.75, 3.05) is 7.11 Å². The van der Waals surface area contributed by atoms with Crippen LogP contribution in [0.15, 0.2) is 28.6 Å². The molecule has 1 atom stereocenters. The number of amides is 1. The summed E-state index contributed by atoms with van der Waals surface area (Å²) >= 11 is 5.99. The number of carbonyl (C=O) groups excluding carboxylic acids is 2. The van der Waals surface area contributed by atoms with E-state index in [9.17, 15) is 14.0 Å². The first-order valence-corrected chi connectivity index (χ1v) is 10.0. The van der Waals surface area contributed by atoms with E-state index in [4.69, 9.17) is 23.1 Å². The highest BCUT2D eigenvalue weighted by Gasteiger charge is 2.29. The number of ether oxygens (including phenoxy) is 1. The third-order valence-corrected chi connectivity index (χ3v) is 5.31. The van der Waals surface area contributed by atoms with Crippen LogP contribution in [0.5, 0.6) is 0 Å². The minimum Gasteiger partial charge on any atom is -0.465 e. The van der Waals surface area contributed by atoms with Gasteiger partial charge in [0.1, 0.15) is 23.9 Å². The average molecular weight is 453 g/mol. The van der Waals surface area contributed by atoms with E-state index in [-0.39, 0.29) is 29.5 Å². The highest BCUT2D eigenvalue weighted by molar-refractivity contribution is 6.32. The monoisotopic (exact) mass is 452 g/mol.